The highest BCUT2D eigenvalue weighted by molar-refractivity contribution is 4.91. The molecule has 1 saturated heterocycles. The number of likely N-dealkylation sites (tertiary alicyclic amines) is 1. The van der Waals surface area contributed by atoms with Gasteiger partial charge in [0.2, 0.25) is 0 Å². The first kappa shape index (κ1) is 13.4. The minimum absolute atomic E-state index is 0.342. The third kappa shape index (κ3) is 3.03. The smallest absolute Gasteiger partial charge is 0.0247 e. The lowest BCUT2D eigenvalue weighted by molar-refractivity contribution is 0.0287. The van der Waals surface area contributed by atoms with E-state index in [1.807, 2.05) is 0 Å². The topological polar surface area (TPSA) is 29.3 Å². The quantitative estimate of drug-likeness (QED) is 0.818. The summed E-state index contributed by atoms with van der Waals surface area (Å²) < 4.78 is 0. The number of hydrogen-bond acceptors (Lipinski definition) is 2. The van der Waals surface area contributed by atoms with Crippen molar-refractivity contribution in [2.75, 3.05) is 6.54 Å². The number of rotatable bonds is 3. The van der Waals surface area contributed by atoms with E-state index in [1.54, 1.807) is 0 Å². The van der Waals surface area contributed by atoms with E-state index < -0.39 is 0 Å². The molecule has 2 rings (SSSR count). The Hall–Kier alpha value is -0.0800. The van der Waals surface area contributed by atoms with Crippen molar-refractivity contribution in [1.82, 2.24) is 4.90 Å². The molecule has 0 aromatic rings. The van der Waals surface area contributed by atoms with Crippen LogP contribution in [0, 0.1) is 5.92 Å². The molecule has 4 unspecified atom stereocenters. The summed E-state index contributed by atoms with van der Waals surface area (Å²) in [4.78, 5) is 2.79. The van der Waals surface area contributed by atoms with Crippen LogP contribution in [-0.4, -0.2) is 29.6 Å². The molecular weight excluding hydrogens is 208 g/mol. The molecule has 100 valence electrons. The van der Waals surface area contributed by atoms with Gasteiger partial charge in [-0.25, -0.2) is 0 Å². The second kappa shape index (κ2) is 6.19. The minimum Gasteiger partial charge on any atom is -0.327 e. The van der Waals surface area contributed by atoms with Crippen molar-refractivity contribution < 1.29 is 0 Å². The van der Waals surface area contributed by atoms with Crippen LogP contribution in [0.4, 0.5) is 0 Å². The van der Waals surface area contributed by atoms with Crippen LogP contribution in [0.15, 0.2) is 0 Å². The van der Waals surface area contributed by atoms with Crippen LogP contribution in [0.25, 0.3) is 0 Å². The van der Waals surface area contributed by atoms with Gasteiger partial charge < -0.3 is 5.73 Å². The lowest BCUT2D eigenvalue weighted by Crippen LogP contribution is -2.55. The number of piperidine rings is 1. The third-order valence-corrected chi connectivity index (χ3v) is 5.02. The minimum atomic E-state index is 0.342. The van der Waals surface area contributed by atoms with E-state index in [4.69, 9.17) is 5.73 Å². The van der Waals surface area contributed by atoms with Crippen LogP contribution in [0.1, 0.15) is 65.2 Å². The molecule has 0 aromatic carbocycles. The molecular formula is C15H30N2. The van der Waals surface area contributed by atoms with Crippen LogP contribution in [-0.2, 0) is 0 Å². The van der Waals surface area contributed by atoms with Gasteiger partial charge in [-0.1, -0.05) is 32.6 Å². The van der Waals surface area contributed by atoms with Gasteiger partial charge in [0.05, 0.1) is 0 Å². The van der Waals surface area contributed by atoms with Crippen LogP contribution >= 0.6 is 0 Å². The first-order valence-electron chi connectivity index (χ1n) is 7.75. The van der Waals surface area contributed by atoms with Crippen molar-refractivity contribution in [1.29, 1.82) is 0 Å². The molecule has 1 aliphatic carbocycles. The predicted molar refractivity (Wildman–Crippen MR) is 74.0 cm³/mol. The molecule has 0 radical (unpaired) electrons. The summed E-state index contributed by atoms with van der Waals surface area (Å²) in [6.45, 7) is 5.87. The van der Waals surface area contributed by atoms with E-state index in [9.17, 15) is 0 Å². The highest BCUT2D eigenvalue weighted by atomic mass is 15.2. The van der Waals surface area contributed by atoms with Gasteiger partial charge in [0.15, 0.2) is 0 Å². The van der Waals surface area contributed by atoms with Crippen LogP contribution in [0.5, 0.6) is 0 Å². The van der Waals surface area contributed by atoms with E-state index >= 15 is 0 Å². The Labute approximate surface area is 107 Å². The van der Waals surface area contributed by atoms with Crippen molar-refractivity contribution in [3.8, 4) is 0 Å². The Bertz CT molecular complexity index is 227. The maximum Gasteiger partial charge on any atom is 0.0247 e. The summed E-state index contributed by atoms with van der Waals surface area (Å²) in [6.07, 6.45) is 11.2. The maximum absolute atomic E-state index is 6.21. The molecule has 2 aliphatic rings. The molecule has 0 aromatic heterocycles. The van der Waals surface area contributed by atoms with Gasteiger partial charge in [-0.3, -0.25) is 4.90 Å². The largest absolute Gasteiger partial charge is 0.327 e. The molecule has 1 saturated carbocycles. The fraction of sp³-hybridized carbons (Fsp3) is 1.00. The molecule has 2 nitrogen and oxygen atoms in total. The summed E-state index contributed by atoms with van der Waals surface area (Å²) in [6, 6.07) is 1.83. The molecule has 0 amide bonds. The monoisotopic (exact) mass is 238 g/mol. The summed E-state index contributed by atoms with van der Waals surface area (Å²) in [5, 5.41) is 0. The van der Waals surface area contributed by atoms with Crippen molar-refractivity contribution in [2.24, 2.45) is 11.7 Å². The average Bonchev–Trinajstić information content (AvgIpc) is 2.38. The Morgan fingerprint density at radius 2 is 1.82 bits per heavy atom. The SMILES string of the molecule is CCC1CCCCC1N1CCCCC1C(C)N. The zero-order valence-corrected chi connectivity index (χ0v) is 11.7. The van der Waals surface area contributed by atoms with Crippen LogP contribution in [0.2, 0.25) is 0 Å². The van der Waals surface area contributed by atoms with Gasteiger partial charge in [0, 0.05) is 18.1 Å². The fourth-order valence-corrected chi connectivity index (χ4v) is 4.06. The van der Waals surface area contributed by atoms with Crippen molar-refractivity contribution in [3.63, 3.8) is 0 Å². The second-order valence-corrected chi connectivity index (χ2v) is 6.18. The molecule has 0 bridgehead atoms. The van der Waals surface area contributed by atoms with Gasteiger partial charge in [0.1, 0.15) is 0 Å². The van der Waals surface area contributed by atoms with Crippen LogP contribution < -0.4 is 5.73 Å². The van der Waals surface area contributed by atoms with Gasteiger partial charge >= 0.3 is 0 Å². The van der Waals surface area contributed by atoms with Crippen LogP contribution in [0.3, 0.4) is 0 Å². The molecule has 0 spiro atoms. The van der Waals surface area contributed by atoms with Gasteiger partial charge in [0.25, 0.3) is 0 Å². The normalized spacial score (nSPS) is 37.9. The molecule has 1 heterocycles. The third-order valence-electron chi connectivity index (χ3n) is 5.02. The highest BCUT2D eigenvalue weighted by Gasteiger charge is 2.35. The molecule has 2 heteroatoms. The Morgan fingerprint density at radius 1 is 1.12 bits per heavy atom. The van der Waals surface area contributed by atoms with Gasteiger partial charge in [-0.2, -0.15) is 0 Å². The zero-order valence-electron chi connectivity index (χ0n) is 11.7. The summed E-state index contributed by atoms with van der Waals surface area (Å²) in [5.74, 6) is 0.933. The first-order chi connectivity index (χ1) is 8.24. The van der Waals surface area contributed by atoms with E-state index in [1.165, 1.54) is 57.9 Å². The predicted octanol–water partition coefficient (Wildman–Crippen LogP) is 3.16. The molecule has 17 heavy (non-hydrogen) atoms. The van der Waals surface area contributed by atoms with E-state index in [0.29, 0.717) is 12.1 Å². The van der Waals surface area contributed by atoms with E-state index in [0.717, 1.165) is 12.0 Å². The van der Waals surface area contributed by atoms with E-state index in [-0.39, 0.29) is 0 Å². The first-order valence-corrected chi connectivity index (χ1v) is 7.75. The fourth-order valence-electron chi connectivity index (χ4n) is 4.06. The van der Waals surface area contributed by atoms with E-state index in [2.05, 4.69) is 18.7 Å². The molecule has 2 fully saturated rings. The summed E-state index contributed by atoms with van der Waals surface area (Å²) in [7, 11) is 0. The summed E-state index contributed by atoms with van der Waals surface area (Å²) >= 11 is 0. The average molecular weight is 238 g/mol. The Kier molecular flexibility index (Phi) is 4.87. The van der Waals surface area contributed by atoms with Gasteiger partial charge in [-0.05, 0) is 45.1 Å². The lowest BCUT2D eigenvalue weighted by Gasteiger charge is -2.47. The maximum atomic E-state index is 6.21. The molecule has 2 N–H and O–H groups in total. The Balaban J connectivity index is 2.05. The second-order valence-electron chi connectivity index (χ2n) is 6.18. The number of hydrogen-bond donors (Lipinski definition) is 1. The lowest BCUT2D eigenvalue weighted by atomic mass is 9.80. The number of nitrogens with zero attached hydrogens (tertiary/aromatic N) is 1. The zero-order chi connectivity index (χ0) is 12.3. The highest BCUT2D eigenvalue weighted by Crippen LogP contribution is 2.34. The standard InChI is InChI=1S/C15H30N2/c1-3-13-8-4-5-10-15(13)17-11-7-6-9-14(17)12(2)16/h12-15H,3-11,16H2,1-2H3. The van der Waals surface area contributed by atoms with Crippen molar-refractivity contribution >= 4 is 0 Å². The molecule has 4 atom stereocenters. The number of nitrogens with two attached hydrogens (primary N) is 1. The summed E-state index contributed by atoms with van der Waals surface area (Å²) in [5.41, 5.74) is 6.21. The van der Waals surface area contributed by atoms with Gasteiger partial charge in [-0.15, -0.1) is 0 Å². The van der Waals surface area contributed by atoms with Crippen molar-refractivity contribution in [2.45, 2.75) is 83.3 Å². The van der Waals surface area contributed by atoms with Crippen molar-refractivity contribution in [3.05, 3.63) is 0 Å². The molecule has 1 aliphatic heterocycles. The Morgan fingerprint density at radius 3 is 2.53 bits per heavy atom.